The van der Waals surface area contributed by atoms with Crippen LogP contribution in [-0.2, 0) is 9.53 Å². The number of hydrogen-bond donors (Lipinski definition) is 2. The molecule has 3 aliphatic rings. The zero-order valence-corrected chi connectivity index (χ0v) is 23.4. The van der Waals surface area contributed by atoms with Crippen molar-refractivity contribution in [1.29, 1.82) is 0 Å². The lowest BCUT2D eigenvalue weighted by atomic mass is 9.97. The number of H-pyrrole nitrogens is 1. The van der Waals surface area contributed by atoms with Gasteiger partial charge in [0.1, 0.15) is 23.8 Å². The second-order valence-corrected chi connectivity index (χ2v) is 11.3. The van der Waals surface area contributed by atoms with E-state index in [1.54, 1.807) is 17.0 Å². The lowest BCUT2D eigenvalue weighted by molar-refractivity contribution is -0.152. The van der Waals surface area contributed by atoms with Crippen LogP contribution in [-0.4, -0.2) is 101 Å². The van der Waals surface area contributed by atoms with Gasteiger partial charge < -0.3 is 24.8 Å². The molecule has 6 rings (SSSR count). The summed E-state index contributed by atoms with van der Waals surface area (Å²) in [5, 5.41) is 3.71. The molecule has 42 heavy (non-hydrogen) atoms. The molecule has 2 atom stereocenters. The standard InChI is InChI=1S/C30H36F3N7O2/c1-2-26(41)38-11-8-23(9-12-38)40-10-7-21(18-40)27(30(31,32)33)36-22-5-3-20(4-6-22)25-17-24-28(37-25)34-19-35-29(24)39-13-15-42-16-14-39/h2-6,17,19,21,23,27,36H,1,7-16,18H2,(H,34,35,37)/t21-,27-/m0/s1. The lowest BCUT2D eigenvalue weighted by Gasteiger charge is -2.37. The van der Waals surface area contributed by atoms with E-state index in [-0.39, 0.29) is 11.9 Å². The van der Waals surface area contributed by atoms with Gasteiger partial charge in [0, 0.05) is 56.1 Å². The van der Waals surface area contributed by atoms with Crippen LogP contribution < -0.4 is 10.2 Å². The van der Waals surface area contributed by atoms with Crippen LogP contribution in [0.15, 0.2) is 49.3 Å². The van der Waals surface area contributed by atoms with Crippen molar-refractivity contribution in [3.05, 3.63) is 49.3 Å². The van der Waals surface area contributed by atoms with Crippen molar-refractivity contribution in [1.82, 2.24) is 24.8 Å². The predicted octanol–water partition coefficient (Wildman–Crippen LogP) is 4.30. The molecule has 9 nitrogen and oxygen atoms in total. The van der Waals surface area contributed by atoms with E-state index in [1.807, 2.05) is 18.2 Å². The molecule has 0 radical (unpaired) electrons. The molecule has 224 valence electrons. The molecule has 0 spiro atoms. The normalized spacial score (nSPS) is 21.5. The Bertz CT molecular complexity index is 1400. The first-order chi connectivity index (χ1) is 20.3. The van der Waals surface area contributed by atoms with Crippen LogP contribution >= 0.6 is 0 Å². The number of anilines is 2. The average molecular weight is 584 g/mol. The van der Waals surface area contributed by atoms with Gasteiger partial charge in [0.2, 0.25) is 5.91 Å². The molecule has 1 aromatic carbocycles. The maximum Gasteiger partial charge on any atom is 0.408 e. The Hall–Kier alpha value is -3.64. The molecule has 2 aromatic heterocycles. The highest BCUT2D eigenvalue weighted by atomic mass is 19.4. The zero-order chi connectivity index (χ0) is 29.3. The van der Waals surface area contributed by atoms with Crippen molar-refractivity contribution >= 4 is 28.4 Å². The predicted molar refractivity (Wildman–Crippen MR) is 155 cm³/mol. The first-order valence-corrected chi connectivity index (χ1v) is 14.6. The Balaban J connectivity index is 1.12. The van der Waals surface area contributed by atoms with Crippen LogP contribution in [0.25, 0.3) is 22.3 Å². The fourth-order valence-corrected chi connectivity index (χ4v) is 6.50. The van der Waals surface area contributed by atoms with Gasteiger partial charge in [0.25, 0.3) is 0 Å². The third-order valence-electron chi connectivity index (χ3n) is 8.78. The summed E-state index contributed by atoms with van der Waals surface area (Å²) >= 11 is 0. The molecular weight excluding hydrogens is 547 g/mol. The molecular formula is C30H36F3N7O2. The van der Waals surface area contributed by atoms with E-state index >= 15 is 0 Å². The fourth-order valence-electron chi connectivity index (χ4n) is 6.50. The van der Waals surface area contributed by atoms with E-state index in [0.717, 1.165) is 48.4 Å². The van der Waals surface area contributed by atoms with Crippen molar-refractivity contribution in [3.8, 4) is 11.3 Å². The van der Waals surface area contributed by atoms with Gasteiger partial charge in [0.15, 0.2) is 0 Å². The van der Waals surface area contributed by atoms with Gasteiger partial charge in [0.05, 0.1) is 18.6 Å². The Morgan fingerprint density at radius 1 is 1.07 bits per heavy atom. The first kappa shape index (κ1) is 28.5. The largest absolute Gasteiger partial charge is 0.408 e. The maximum absolute atomic E-state index is 14.3. The molecule has 3 fully saturated rings. The Labute approximate surface area is 242 Å². The van der Waals surface area contributed by atoms with Gasteiger partial charge >= 0.3 is 6.18 Å². The van der Waals surface area contributed by atoms with Crippen molar-refractivity contribution < 1.29 is 22.7 Å². The van der Waals surface area contributed by atoms with Crippen molar-refractivity contribution in [2.24, 2.45) is 5.92 Å². The SMILES string of the molecule is C=CC(=O)N1CCC(N2CC[C@H]([C@H](Nc3ccc(-c4cc5c(N6CCOCC6)ncnc5[nH]4)cc3)C(F)(F)F)C2)CC1. The first-order valence-electron chi connectivity index (χ1n) is 14.6. The minimum atomic E-state index is -4.38. The number of rotatable bonds is 7. The number of likely N-dealkylation sites (tertiary alicyclic amines) is 2. The van der Waals surface area contributed by atoms with Gasteiger partial charge in [-0.05, 0) is 55.6 Å². The summed E-state index contributed by atoms with van der Waals surface area (Å²) < 4.78 is 48.3. The number of nitrogens with one attached hydrogen (secondary N) is 2. The number of fused-ring (bicyclic) bond motifs is 1. The van der Waals surface area contributed by atoms with Crippen LogP contribution in [0, 0.1) is 5.92 Å². The van der Waals surface area contributed by atoms with Crippen molar-refractivity contribution in [2.75, 3.05) is 62.7 Å². The van der Waals surface area contributed by atoms with Gasteiger partial charge in [-0.3, -0.25) is 9.69 Å². The number of amides is 1. The number of alkyl halides is 3. The molecule has 3 aromatic rings. The van der Waals surface area contributed by atoms with Crippen LogP contribution in [0.1, 0.15) is 19.3 Å². The summed E-state index contributed by atoms with van der Waals surface area (Å²) in [5.41, 5.74) is 2.82. The number of ether oxygens (including phenoxy) is 1. The highest BCUT2D eigenvalue weighted by Crippen LogP contribution is 2.36. The molecule has 0 bridgehead atoms. The van der Waals surface area contributed by atoms with E-state index in [9.17, 15) is 18.0 Å². The summed E-state index contributed by atoms with van der Waals surface area (Å²) in [6, 6.07) is 7.59. The molecule has 0 aliphatic carbocycles. The van der Waals surface area contributed by atoms with Crippen LogP contribution in [0.2, 0.25) is 0 Å². The number of morpholine rings is 1. The minimum Gasteiger partial charge on any atom is -0.378 e. The van der Waals surface area contributed by atoms with Crippen molar-refractivity contribution in [3.63, 3.8) is 0 Å². The Kier molecular flexibility index (Phi) is 8.09. The van der Waals surface area contributed by atoms with Gasteiger partial charge in [-0.2, -0.15) is 13.2 Å². The second-order valence-electron chi connectivity index (χ2n) is 11.3. The van der Waals surface area contributed by atoms with Crippen LogP contribution in [0.3, 0.4) is 0 Å². The van der Waals surface area contributed by atoms with E-state index < -0.39 is 18.1 Å². The number of piperidine rings is 1. The zero-order valence-electron chi connectivity index (χ0n) is 23.4. The number of carbonyl (C=O) groups is 1. The van der Waals surface area contributed by atoms with Crippen LogP contribution in [0.4, 0.5) is 24.7 Å². The van der Waals surface area contributed by atoms with Crippen molar-refractivity contribution in [2.45, 2.75) is 37.5 Å². The number of nitrogens with zero attached hydrogens (tertiary/aromatic N) is 5. The smallest absolute Gasteiger partial charge is 0.378 e. The fraction of sp³-hybridized carbons (Fsp3) is 0.500. The second kappa shape index (κ2) is 11.9. The number of aromatic amines is 1. The number of aromatic nitrogens is 3. The van der Waals surface area contributed by atoms with E-state index in [0.29, 0.717) is 57.1 Å². The van der Waals surface area contributed by atoms with Gasteiger partial charge in [-0.25, -0.2) is 9.97 Å². The summed E-state index contributed by atoms with van der Waals surface area (Å²) in [6.07, 6.45) is 0.480. The highest BCUT2D eigenvalue weighted by molar-refractivity contribution is 5.92. The lowest BCUT2D eigenvalue weighted by Crippen LogP contribution is -2.47. The number of benzene rings is 1. The van der Waals surface area contributed by atoms with E-state index in [4.69, 9.17) is 4.74 Å². The minimum absolute atomic E-state index is 0.0870. The third-order valence-corrected chi connectivity index (χ3v) is 8.78. The molecule has 0 unspecified atom stereocenters. The quantitative estimate of drug-likeness (QED) is 0.401. The molecule has 5 heterocycles. The van der Waals surface area contributed by atoms with Gasteiger partial charge in [-0.1, -0.05) is 18.7 Å². The molecule has 2 N–H and O–H groups in total. The monoisotopic (exact) mass is 583 g/mol. The molecule has 0 saturated carbocycles. The number of halogens is 3. The molecule has 1 amide bonds. The topological polar surface area (TPSA) is 89.6 Å². The van der Waals surface area contributed by atoms with E-state index in [1.165, 1.54) is 12.4 Å². The third kappa shape index (κ3) is 5.96. The van der Waals surface area contributed by atoms with Gasteiger partial charge in [-0.15, -0.1) is 0 Å². The Morgan fingerprint density at radius 2 is 1.81 bits per heavy atom. The number of carbonyl (C=O) groups excluding carboxylic acids is 1. The number of hydrogen-bond acceptors (Lipinski definition) is 7. The van der Waals surface area contributed by atoms with Crippen LogP contribution in [0.5, 0.6) is 0 Å². The summed E-state index contributed by atoms with van der Waals surface area (Å²) in [7, 11) is 0. The summed E-state index contributed by atoms with van der Waals surface area (Å²) in [5.74, 6) is 0.206. The highest BCUT2D eigenvalue weighted by Gasteiger charge is 2.47. The van der Waals surface area contributed by atoms with E-state index in [2.05, 4.69) is 36.6 Å². The Morgan fingerprint density at radius 3 is 2.50 bits per heavy atom. The summed E-state index contributed by atoms with van der Waals surface area (Å²) in [6.45, 7) is 8.58. The maximum atomic E-state index is 14.3. The molecule has 3 saturated heterocycles. The molecule has 3 aliphatic heterocycles. The molecule has 12 heteroatoms. The average Bonchev–Trinajstić information content (AvgIpc) is 3.68. The summed E-state index contributed by atoms with van der Waals surface area (Å²) in [4.78, 5) is 30.2.